The largest absolute Gasteiger partial charge is 0.465 e. The molecule has 1 N–H and O–H groups in total. The van der Waals surface area contributed by atoms with Gasteiger partial charge >= 0.3 is 17.9 Å². The number of anilines is 1. The summed E-state index contributed by atoms with van der Waals surface area (Å²) in [7, 11) is 2.41. The van der Waals surface area contributed by atoms with E-state index in [4.69, 9.17) is 4.74 Å². The Morgan fingerprint density at radius 2 is 1.52 bits per heavy atom. The van der Waals surface area contributed by atoms with Crippen LogP contribution >= 0.6 is 0 Å². The third kappa shape index (κ3) is 6.09. The van der Waals surface area contributed by atoms with Crippen molar-refractivity contribution in [2.75, 3.05) is 26.1 Å². The first kappa shape index (κ1) is 20.4. The Balaban J connectivity index is 1.97. The summed E-state index contributed by atoms with van der Waals surface area (Å²) in [5.41, 5.74) is 0.345. The third-order valence-electron chi connectivity index (χ3n) is 4.35. The average molecular weight is 377 g/mol. The van der Waals surface area contributed by atoms with Crippen molar-refractivity contribution in [1.82, 2.24) is 0 Å². The van der Waals surface area contributed by atoms with E-state index in [2.05, 4.69) is 14.8 Å². The number of hydrogen-bond acceptors (Lipinski definition) is 7. The van der Waals surface area contributed by atoms with E-state index in [0.717, 1.165) is 25.7 Å². The van der Waals surface area contributed by atoms with E-state index in [1.165, 1.54) is 32.4 Å². The van der Waals surface area contributed by atoms with E-state index in [-0.39, 0.29) is 16.8 Å². The molecule has 146 valence electrons. The molecule has 1 amide bonds. The van der Waals surface area contributed by atoms with Crippen LogP contribution in [0.25, 0.3) is 0 Å². The molecule has 2 rings (SSSR count). The van der Waals surface area contributed by atoms with Gasteiger partial charge in [-0.3, -0.25) is 9.59 Å². The van der Waals surface area contributed by atoms with Crippen molar-refractivity contribution < 1.29 is 33.4 Å². The van der Waals surface area contributed by atoms with Gasteiger partial charge in [0.05, 0.1) is 25.3 Å². The summed E-state index contributed by atoms with van der Waals surface area (Å²) < 4.78 is 14.3. The minimum atomic E-state index is -0.667. The van der Waals surface area contributed by atoms with Crippen molar-refractivity contribution in [2.24, 2.45) is 5.92 Å². The van der Waals surface area contributed by atoms with E-state index in [1.54, 1.807) is 0 Å². The van der Waals surface area contributed by atoms with E-state index >= 15 is 0 Å². The minimum Gasteiger partial charge on any atom is -0.465 e. The highest BCUT2D eigenvalue weighted by molar-refractivity contribution is 5.99. The monoisotopic (exact) mass is 377 g/mol. The maximum Gasteiger partial charge on any atom is 0.337 e. The first-order valence-electron chi connectivity index (χ1n) is 8.70. The second kappa shape index (κ2) is 9.70. The Morgan fingerprint density at radius 3 is 2.04 bits per heavy atom. The third-order valence-corrected chi connectivity index (χ3v) is 4.35. The molecule has 0 radical (unpaired) electrons. The van der Waals surface area contributed by atoms with Crippen molar-refractivity contribution in [3.8, 4) is 0 Å². The zero-order valence-electron chi connectivity index (χ0n) is 15.4. The summed E-state index contributed by atoms with van der Waals surface area (Å²) >= 11 is 0. The summed E-state index contributed by atoms with van der Waals surface area (Å²) in [5.74, 6) is -1.98. The normalized spacial score (nSPS) is 13.7. The van der Waals surface area contributed by atoms with Crippen LogP contribution in [0.2, 0.25) is 0 Å². The number of esters is 3. The first-order valence-corrected chi connectivity index (χ1v) is 8.70. The number of carbonyl (C=O) groups is 4. The van der Waals surface area contributed by atoms with Gasteiger partial charge in [-0.05, 0) is 37.0 Å². The highest BCUT2D eigenvalue weighted by atomic mass is 16.5. The summed E-state index contributed by atoms with van der Waals surface area (Å²) in [6.45, 7) is -0.443. The van der Waals surface area contributed by atoms with Gasteiger partial charge in [0.2, 0.25) is 0 Å². The van der Waals surface area contributed by atoms with Crippen molar-refractivity contribution >= 4 is 29.5 Å². The van der Waals surface area contributed by atoms with Crippen LogP contribution < -0.4 is 5.32 Å². The number of rotatable bonds is 7. The van der Waals surface area contributed by atoms with Gasteiger partial charge in [0.1, 0.15) is 0 Å². The molecule has 1 fully saturated rings. The number of methoxy groups -OCH3 is 2. The van der Waals surface area contributed by atoms with Crippen molar-refractivity contribution in [2.45, 2.75) is 32.1 Å². The summed E-state index contributed by atoms with van der Waals surface area (Å²) in [6, 6.07) is 4.02. The Bertz CT molecular complexity index is 689. The molecule has 0 aliphatic heterocycles. The quantitative estimate of drug-likeness (QED) is 0.574. The van der Waals surface area contributed by atoms with Gasteiger partial charge in [0.15, 0.2) is 6.61 Å². The van der Waals surface area contributed by atoms with Crippen molar-refractivity contribution in [3.05, 3.63) is 29.3 Å². The molecule has 8 nitrogen and oxygen atoms in total. The fourth-order valence-corrected chi connectivity index (χ4v) is 3.02. The van der Waals surface area contributed by atoms with Gasteiger partial charge in [-0.25, -0.2) is 9.59 Å². The molecule has 0 aromatic heterocycles. The number of hydrogen-bond donors (Lipinski definition) is 1. The highest BCUT2D eigenvalue weighted by Crippen LogP contribution is 2.27. The van der Waals surface area contributed by atoms with Gasteiger partial charge in [-0.1, -0.05) is 12.8 Å². The van der Waals surface area contributed by atoms with Gasteiger partial charge in [0, 0.05) is 12.1 Å². The van der Waals surface area contributed by atoms with Crippen molar-refractivity contribution in [3.63, 3.8) is 0 Å². The van der Waals surface area contributed by atoms with Crippen LogP contribution in [0.5, 0.6) is 0 Å². The van der Waals surface area contributed by atoms with Gasteiger partial charge in [-0.2, -0.15) is 0 Å². The highest BCUT2D eigenvalue weighted by Gasteiger charge is 2.20. The van der Waals surface area contributed by atoms with Crippen LogP contribution in [0.1, 0.15) is 52.8 Å². The standard InChI is InChI=1S/C19H23NO7/c1-25-18(23)13-8-14(19(24)26-2)10-15(9-13)20-16(21)11-27-17(22)7-12-5-3-4-6-12/h8-10,12H,3-7,11H2,1-2H3,(H,20,21). The van der Waals surface area contributed by atoms with Crippen LogP contribution in [0.4, 0.5) is 5.69 Å². The molecule has 0 saturated heterocycles. The minimum absolute atomic E-state index is 0.0777. The lowest BCUT2D eigenvalue weighted by molar-refractivity contribution is -0.148. The van der Waals surface area contributed by atoms with Gasteiger partial charge in [0.25, 0.3) is 5.91 Å². The van der Waals surface area contributed by atoms with E-state index in [9.17, 15) is 19.2 Å². The van der Waals surface area contributed by atoms with Gasteiger partial charge in [-0.15, -0.1) is 0 Å². The fourth-order valence-electron chi connectivity index (χ4n) is 3.02. The molecular formula is C19H23NO7. The number of nitrogens with one attached hydrogen (secondary N) is 1. The zero-order valence-corrected chi connectivity index (χ0v) is 15.4. The molecule has 1 aliphatic carbocycles. The Labute approximate surface area is 157 Å². The summed E-state index contributed by atoms with van der Waals surface area (Å²) in [4.78, 5) is 47.3. The molecule has 0 bridgehead atoms. The van der Waals surface area contributed by atoms with E-state index in [1.807, 2.05) is 0 Å². The van der Waals surface area contributed by atoms with Crippen LogP contribution in [0.3, 0.4) is 0 Å². The molecule has 1 aliphatic rings. The van der Waals surface area contributed by atoms with Crippen LogP contribution in [-0.2, 0) is 23.8 Å². The van der Waals surface area contributed by atoms with E-state index in [0.29, 0.717) is 12.3 Å². The molecule has 0 heterocycles. The predicted molar refractivity (Wildman–Crippen MR) is 95.3 cm³/mol. The lowest BCUT2D eigenvalue weighted by atomic mass is 10.0. The number of ether oxygens (including phenoxy) is 3. The van der Waals surface area contributed by atoms with Gasteiger partial charge < -0.3 is 19.5 Å². The van der Waals surface area contributed by atoms with Crippen LogP contribution in [0.15, 0.2) is 18.2 Å². The second-order valence-electron chi connectivity index (χ2n) is 6.35. The molecule has 1 aromatic carbocycles. The summed E-state index contributed by atoms with van der Waals surface area (Å²) in [6.07, 6.45) is 4.59. The van der Waals surface area contributed by atoms with Crippen LogP contribution in [-0.4, -0.2) is 44.6 Å². The lowest BCUT2D eigenvalue weighted by Gasteiger charge is -2.11. The fraction of sp³-hybridized carbons (Fsp3) is 0.474. The molecule has 0 spiro atoms. The van der Waals surface area contributed by atoms with Crippen molar-refractivity contribution in [1.29, 1.82) is 0 Å². The maximum atomic E-state index is 12.0. The maximum absolute atomic E-state index is 12.0. The molecular weight excluding hydrogens is 354 g/mol. The SMILES string of the molecule is COC(=O)c1cc(NC(=O)COC(=O)CC2CCCC2)cc(C(=O)OC)c1. The Kier molecular flexibility index (Phi) is 7.34. The Morgan fingerprint density at radius 1 is 0.963 bits per heavy atom. The van der Waals surface area contributed by atoms with Crippen LogP contribution in [0, 0.1) is 5.92 Å². The molecule has 0 atom stereocenters. The number of carbonyl (C=O) groups excluding carboxylic acids is 4. The molecule has 27 heavy (non-hydrogen) atoms. The molecule has 0 unspecified atom stereocenters. The molecule has 8 heteroatoms. The number of amides is 1. The molecule has 1 saturated carbocycles. The second-order valence-corrected chi connectivity index (χ2v) is 6.35. The Hall–Kier alpha value is -2.90. The molecule has 1 aromatic rings. The summed E-state index contributed by atoms with van der Waals surface area (Å²) in [5, 5.41) is 2.50. The van der Waals surface area contributed by atoms with E-state index < -0.39 is 30.4 Å². The lowest BCUT2D eigenvalue weighted by Crippen LogP contribution is -2.22. The smallest absolute Gasteiger partial charge is 0.337 e. The predicted octanol–water partition coefficient (Wildman–Crippen LogP) is 2.32. The average Bonchev–Trinajstić information content (AvgIpc) is 3.17. The zero-order chi connectivity index (χ0) is 19.8. The topological polar surface area (TPSA) is 108 Å². The number of benzene rings is 1. The first-order chi connectivity index (χ1) is 12.9.